The van der Waals surface area contributed by atoms with Gasteiger partial charge in [0.25, 0.3) is 5.88 Å². The second kappa shape index (κ2) is 7.57. The lowest BCUT2D eigenvalue weighted by molar-refractivity contribution is -0.119. The van der Waals surface area contributed by atoms with Crippen LogP contribution in [-0.4, -0.2) is 36.9 Å². The molecule has 0 saturated heterocycles. The van der Waals surface area contributed by atoms with E-state index in [1.807, 2.05) is 23.1 Å². The minimum atomic E-state index is -0.411. The van der Waals surface area contributed by atoms with Gasteiger partial charge in [0, 0.05) is 35.8 Å². The summed E-state index contributed by atoms with van der Waals surface area (Å²) in [5.41, 5.74) is 15.5. The average molecular weight is 423 g/mol. The first-order chi connectivity index (χ1) is 15.0. The molecule has 5 N–H and O–H groups in total. The molecule has 9 heteroatoms. The van der Waals surface area contributed by atoms with Gasteiger partial charge in [0.1, 0.15) is 17.5 Å². The van der Waals surface area contributed by atoms with Crippen LogP contribution in [-0.2, 0) is 4.79 Å². The Hall–Kier alpha value is -3.62. The monoisotopic (exact) mass is 423 g/mol. The van der Waals surface area contributed by atoms with E-state index in [-0.39, 0.29) is 18.6 Å². The van der Waals surface area contributed by atoms with E-state index in [2.05, 4.69) is 16.9 Å². The van der Waals surface area contributed by atoms with Crippen LogP contribution < -0.4 is 35.9 Å². The Labute approximate surface area is 180 Å². The summed E-state index contributed by atoms with van der Waals surface area (Å²) in [7, 11) is 0. The Morgan fingerprint density at radius 3 is 2.90 bits per heavy atom. The minimum Gasteiger partial charge on any atom is -0.491 e. The van der Waals surface area contributed by atoms with Gasteiger partial charge in [0.05, 0.1) is 12.3 Å². The van der Waals surface area contributed by atoms with E-state index >= 15 is 0 Å². The average Bonchev–Trinajstić information content (AvgIpc) is 3.51. The number of hydrogen-bond acceptors (Lipinski definition) is 8. The molecule has 162 valence electrons. The zero-order valence-electron chi connectivity index (χ0n) is 17.1. The second-order valence-corrected chi connectivity index (χ2v) is 7.97. The first-order valence-corrected chi connectivity index (χ1v) is 10.4. The lowest BCUT2D eigenvalue weighted by atomic mass is 10.1. The fourth-order valence-corrected chi connectivity index (χ4v) is 4.12. The number of nitrogens with zero attached hydrogens (tertiary/aromatic N) is 2. The lowest BCUT2D eigenvalue weighted by Gasteiger charge is -2.28. The van der Waals surface area contributed by atoms with Gasteiger partial charge < -0.3 is 35.9 Å². The topological polar surface area (TPSA) is 125 Å². The first-order valence-electron chi connectivity index (χ1n) is 10.4. The van der Waals surface area contributed by atoms with E-state index in [1.165, 1.54) is 0 Å². The number of rotatable bonds is 6. The molecule has 1 saturated carbocycles. The summed E-state index contributed by atoms with van der Waals surface area (Å²) in [6, 6.07) is 5.11. The summed E-state index contributed by atoms with van der Waals surface area (Å²) in [5, 5.41) is 3.24. The molecule has 31 heavy (non-hydrogen) atoms. The summed E-state index contributed by atoms with van der Waals surface area (Å²) in [6.45, 7) is 5.65. The summed E-state index contributed by atoms with van der Waals surface area (Å²) in [5.74, 6) is 1.56. The molecule has 0 spiro atoms. The van der Waals surface area contributed by atoms with Crippen LogP contribution in [0.4, 0.5) is 17.1 Å². The van der Waals surface area contributed by atoms with E-state index in [1.54, 1.807) is 6.20 Å². The molecule has 3 aliphatic rings. The zero-order chi connectivity index (χ0) is 21.5. The van der Waals surface area contributed by atoms with Crippen LogP contribution in [0.25, 0.3) is 5.70 Å². The molecule has 0 unspecified atom stereocenters. The summed E-state index contributed by atoms with van der Waals surface area (Å²) in [4.78, 5) is 18.1. The smallest absolute Gasteiger partial charge is 0.260 e. The molecule has 2 aliphatic heterocycles. The number of anilines is 3. The third-order valence-corrected chi connectivity index (χ3v) is 5.79. The molecule has 1 aliphatic carbocycles. The molecule has 5 rings (SSSR count). The Morgan fingerprint density at radius 2 is 2.13 bits per heavy atom. The van der Waals surface area contributed by atoms with Crippen LogP contribution in [0.15, 0.2) is 31.0 Å². The van der Waals surface area contributed by atoms with Crippen LogP contribution in [0.3, 0.4) is 0 Å². The molecule has 0 bridgehead atoms. The summed E-state index contributed by atoms with van der Waals surface area (Å²) < 4.78 is 17.0. The molecule has 1 atom stereocenters. The molecule has 2 aromatic rings. The van der Waals surface area contributed by atoms with E-state index in [9.17, 15) is 4.79 Å². The highest BCUT2D eigenvalue weighted by molar-refractivity contribution is 5.91. The number of nitrogens with two attached hydrogens (primary N) is 2. The summed E-state index contributed by atoms with van der Waals surface area (Å²) in [6.07, 6.45) is 4.44. The quantitative estimate of drug-likeness (QED) is 0.605. The van der Waals surface area contributed by atoms with Gasteiger partial charge in [-0.2, -0.15) is 0 Å². The van der Waals surface area contributed by atoms with E-state index in [4.69, 9.17) is 25.7 Å². The number of nitrogens with one attached hydrogen (secondary N) is 1. The van der Waals surface area contributed by atoms with Crippen LogP contribution in [0.1, 0.15) is 24.8 Å². The van der Waals surface area contributed by atoms with Crippen molar-refractivity contribution in [1.82, 2.24) is 4.98 Å². The molecule has 9 nitrogen and oxygen atoms in total. The number of pyridine rings is 1. The highest BCUT2D eigenvalue weighted by Gasteiger charge is 2.35. The Bertz CT molecular complexity index is 1050. The number of amides is 1. The predicted molar refractivity (Wildman–Crippen MR) is 117 cm³/mol. The van der Waals surface area contributed by atoms with Crippen molar-refractivity contribution >= 4 is 28.7 Å². The second-order valence-electron chi connectivity index (χ2n) is 7.97. The SMILES string of the molecule is C=C(c1ccnc2c1OCO2)N1CCCOc2cc(N[C@H](C(N)=O)C3CC3)cc(N)c21. The maximum Gasteiger partial charge on any atom is 0.260 e. The number of fused-ring (bicyclic) bond motifs is 2. The predicted octanol–water partition coefficient (Wildman–Crippen LogP) is 2.33. The number of nitrogen functional groups attached to an aromatic ring is 1. The highest BCUT2D eigenvalue weighted by Crippen LogP contribution is 2.45. The molecule has 1 amide bonds. The van der Waals surface area contributed by atoms with Crippen molar-refractivity contribution in [2.75, 3.05) is 35.9 Å². The van der Waals surface area contributed by atoms with Crippen molar-refractivity contribution in [2.45, 2.75) is 25.3 Å². The molecule has 1 aromatic heterocycles. The van der Waals surface area contributed by atoms with E-state index in [0.717, 1.165) is 36.2 Å². The maximum atomic E-state index is 11.9. The van der Waals surface area contributed by atoms with Gasteiger partial charge in [-0.25, -0.2) is 4.98 Å². The third kappa shape index (κ3) is 3.56. The van der Waals surface area contributed by atoms with Gasteiger partial charge in [-0.15, -0.1) is 0 Å². The fourth-order valence-electron chi connectivity index (χ4n) is 4.12. The molecule has 3 heterocycles. The Morgan fingerprint density at radius 1 is 1.29 bits per heavy atom. The zero-order valence-corrected chi connectivity index (χ0v) is 17.1. The van der Waals surface area contributed by atoms with Gasteiger partial charge in [-0.3, -0.25) is 4.79 Å². The minimum absolute atomic E-state index is 0.130. The largest absolute Gasteiger partial charge is 0.491 e. The third-order valence-electron chi connectivity index (χ3n) is 5.79. The molecule has 1 aromatic carbocycles. The van der Waals surface area contributed by atoms with Crippen molar-refractivity contribution in [3.63, 3.8) is 0 Å². The molecular weight excluding hydrogens is 398 g/mol. The highest BCUT2D eigenvalue weighted by atomic mass is 16.7. The number of carbonyl (C=O) groups excluding carboxylic acids is 1. The van der Waals surface area contributed by atoms with Gasteiger partial charge in [-0.05, 0) is 37.3 Å². The van der Waals surface area contributed by atoms with Crippen LogP contribution in [0.5, 0.6) is 17.4 Å². The summed E-state index contributed by atoms with van der Waals surface area (Å²) >= 11 is 0. The molecule has 0 radical (unpaired) electrons. The van der Waals surface area contributed by atoms with Crippen molar-refractivity contribution in [1.29, 1.82) is 0 Å². The van der Waals surface area contributed by atoms with Gasteiger partial charge in [-0.1, -0.05) is 6.58 Å². The number of aromatic nitrogens is 1. The molecule has 1 fully saturated rings. The lowest BCUT2D eigenvalue weighted by Crippen LogP contribution is -2.37. The first kappa shape index (κ1) is 19.3. The number of benzene rings is 1. The number of primary amides is 1. The van der Waals surface area contributed by atoms with Crippen LogP contribution >= 0.6 is 0 Å². The van der Waals surface area contributed by atoms with Crippen LogP contribution in [0, 0.1) is 5.92 Å². The number of ether oxygens (including phenoxy) is 3. The van der Waals surface area contributed by atoms with Gasteiger partial charge in [0.2, 0.25) is 12.7 Å². The van der Waals surface area contributed by atoms with Gasteiger partial charge >= 0.3 is 0 Å². The van der Waals surface area contributed by atoms with E-state index in [0.29, 0.717) is 41.9 Å². The van der Waals surface area contributed by atoms with Crippen LogP contribution in [0.2, 0.25) is 0 Å². The number of hydrogen-bond donors (Lipinski definition) is 3. The van der Waals surface area contributed by atoms with Crippen molar-refractivity contribution in [3.8, 4) is 17.4 Å². The maximum absolute atomic E-state index is 11.9. The van der Waals surface area contributed by atoms with Crippen molar-refractivity contribution < 1.29 is 19.0 Å². The Kier molecular flexibility index (Phi) is 4.72. The molecular formula is C22H25N5O4. The standard InChI is InChI=1S/C22H25N5O4/c1-12(15-5-6-25-22-20(15)30-11-31-22)27-7-2-8-29-17-10-14(9-16(23)19(17)27)26-18(21(24)28)13-3-4-13/h5-6,9-10,13,18,26H,1-4,7-8,11,23H2,(H2,24,28)/t18-/m0/s1. The fraction of sp³-hybridized carbons (Fsp3) is 0.364. The van der Waals surface area contributed by atoms with Crippen molar-refractivity contribution in [3.05, 3.63) is 36.5 Å². The van der Waals surface area contributed by atoms with E-state index < -0.39 is 6.04 Å². The normalized spacial score (nSPS) is 17.9. The Balaban J connectivity index is 1.49. The van der Waals surface area contributed by atoms with Gasteiger partial charge in [0.15, 0.2) is 5.75 Å². The number of carbonyl (C=O) groups is 1. The van der Waals surface area contributed by atoms with Crippen molar-refractivity contribution in [2.24, 2.45) is 11.7 Å².